The lowest BCUT2D eigenvalue weighted by molar-refractivity contribution is 0.114. The maximum atomic E-state index is 5.84. The summed E-state index contributed by atoms with van der Waals surface area (Å²) in [6, 6.07) is 1.52. The van der Waals surface area contributed by atoms with Crippen LogP contribution in [0.2, 0.25) is 5.15 Å². The van der Waals surface area contributed by atoms with Gasteiger partial charge in [0.15, 0.2) is 5.11 Å². The molecular formula is C11H15ClN4O2S. The molecule has 1 fully saturated rings. The van der Waals surface area contributed by atoms with Gasteiger partial charge in [0.05, 0.1) is 13.2 Å². The summed E-state index contributed by atoms with van der Waals surface area (Å²) in [6.45, 7) is 1.49. The van der Waals surface area contributed by atoms with E-state index in [0.717, 1.165) is 19.4 Å². The van der Waals surface area contributed by atoms with Gasteiger partial charge in [-0.15, -0.1) is 0 Å². The monoisotopic (exact) mass is 302 g/mol. The molecule has 0 aliphatic carbocycles. The summed E-state index contributed by atoms with van der Waals surface area (Å²) in [4.78, 5) is 8.09. The molecule has 0 amide bonds. The van der Waals surface area contributed by atoms with Crippen LogP contribution in [0.15, 0.2) is 6.07 Å². The summed E-state index contributed by atoms with van der Waals surface area (Å²) >= 11 is 11.0. The molecule has 0 unspecified atom stereocenters. The molecule has 0 radical (unpaired) electrons. The molecule has 0 bridgehead atoms. The minimum atomic E-state index is 0.217. The predicted molar refractivity (Wildman–Crippen MR) is 76.8 cm³/mol. The number of aromatic nitrogens is 2. The maximum Gasteiger partial charge on any atom is 0.233 e. The molecule has 8 heteroatoms. The first kappa shape index (κ1) is 14.2. The molecule has 1 aromatic heterocycles. The zero-order valence-electron chi connectivity index (χ0n) is 10.5. The Hall–Kier alpha value is -1.18. The Bertz CT molecular complexity index is 454. The smallest absolute Gasteiger partial charge is 0.233 e. The van der Waals surface area contributed by atoms with Crippen molar-refractivity contribution in [2.75, 3.05) is 25.6 Å². The van der Waals surface area contributed by atoms with Gasteiger partial charge in [0.25, 0.3) is 0 Å². The molecule has 2 rings (SSSR count). The highest BCUT2D eigenvalue weighted by molar-refractivity contribution is 7.80. The fourth-order valence-corrected chi connectivity index (χ4v) is 2.06. The van der Waals surface area contributed by atoms with Crippen molar-refractivity contribution in [1.29, 1.82) is 0 Å². The summed E-state index contributed by atoms with van der Waals surface area (Å²) in [5, 5.41) is 6.64. The second-order valence-corrected chi connectivity index (χ2v) is 4.82. The number of halogens is 1. The molecule has 1 atom stereocenters. The van der Waals surface area contributed by atoms with Crippen LogP contribution in [0.25, 0.3) is 0 Å². The molecule has 2 N–H and O–H groups in total. The van der Waals surface area contributed by atoms with E-state index in [1.807, 2.05) is 0 Å². The first-order chi connectivity index (χ1) is 9.17. The van der Waals surface area contributed by atoms with Crippen molar-refractivity contribution in [2.24, 2.45) is 0 Å². The van der Waals surface area contributed by atoms with E-state index in [9.17, 15) is 0 Å². The van der Waals surface area contributed by atoms with Crippen LogP contribution in [0, 0.1) is 0 Å². The minimum absolute atomic E-state index is 0.217. The van der Waals surface area contributed by atoms with E-state index in [0.29, 0.717) is 23.5 Å². The first-order valence-electron chi connectivity index (χ1n) is 5.92. The lowest BCUT2D eigenvalue weighted by Crippen LogP contribution is -2.35. The second kappa shape index (κ2) is 6.83. The van der Waals surface area contributed by atoms with Gasteiger partial charge >= 0.3 is 0 Å². The maximum absolute atomic E-state index is 5.84. The van der Waals surface area contributed by atoms with Crippen molar-refractivity contribution in [1.82, 2.24) is 15.3 Å². The van der Waals surface area contributed by atoms with Gasteiger partial charge < -0.3 is 20.1 Å². The Kier molecular flexibility index (Phi) is 5.12. The number of hydrogen-bond donors (Lipinski definition) is 2. The summed E-state index contributed by atoms with van der Waals surface area (Å²) in [7, 11) is 1.51. The van der Waals surface area contributed by atoms with E-state index in [1.165, 1.54) is 13.2 Å². The van der Waals surface area contributed by atoms with Gasteiger partial charge in [-0.05, 0) is 25.1 Å². The van der Waals surface area contributed by atoms with Gasteiger partial charge in [0.1, 0.15) is 5.15 Å². The van der Waals surface area contributed by atoms with Gasteiger partial charge in [-0.2, -0.15) is 4.98 Å². The zero-order chi connectivity index (χ0) is 13.7. The molecule has 19 heavy (non-hydrogen) atoms. The SMILES string of the molecule is COc1cc(Cl)nc(NC(=S)NC[C@@H]2CCCO2)n1. The number of hydrogen-bond acceptors (Lipinski definition) is 5. The van der Waals surface area contributed by atoms with Crippen LogP contribution in [0.4, 0.5) is 5.95 Å². The highest BCUT2D eigenvalue weighted by Crippen LogP contribution is 2.15. The van der Waals surface area contributed by atoms with Crippen molar-refractivity contribution in [2.45, 2.75) is 18.9 Å². The number of anilines is 1. The number of nitrogens with one attached hydrogen (secondary N) is 2. The fourth-order valence-electron chi connectivity index (χ4n) is 1.72. The Morgan fingerprint density at radius 1 is 1.63 bits per heavy atom. The molecule has 1 aliphatic rings. The van der Waals surface area contributed by atoms with E-state index < -0.39 is 0 Å². The Balaban J connectivity index is 1.85. The van der Waals surface area contributed by atoms with Gasteiger partial charge in [0.2, 0.25) is 11.8 Å². The van der Waals surface area contributed by atoms with Crippen LogP contribution in [0.3, 0.4) is 0 Å². The third kappa shape index (κ3) is 4.45. The number of thiocarbonyl (C=S) groups is 1. The zero-order valence-corrected chi connectivity index (χ0v) is 12.1. The molecule has 0 aromatic carbocycles. The molecule has 1 aliphatic heterocycles. The lowest BCUT2D eigenvalue weighted by Gasteiger charge is -2.13. The summed E-state index contributed by atoms with van der Waals surface area (Å²) in [5.74, 6) is 0.679. The van der Waals surface area contributed by atoms with E-state index in [2.05, 4.69) is 20.6 Å². The van der Waals surface area contributed by atoms with Gasteiger partial charge in [-0.25, -0.2) is 4.98 Å². The van der Waals surface area contributed by atoms with Gasteiger partial charge in [-0.1, -0.05) is 11.6 Å². The largest absolute Gasteiger partial charge is 0.481 e. The topological polar surface area (TPSA) is 68.3 Å². The summed E-state index contributed by atoms with van der Waals surface area (Å²) in [5.41, 5.74) is 0. The van der Waals surface area contributed by atoms with Crippen molar-refractivity contribution in [3.63, 3.8) is 0 Å². The van der Waals surface area contributed by atoms with Crippen molar-refractivity contribution in [3.05, 3.63) is 11.2 Å². The van der Waals surface area contributed by atoms with Crippen LogP contribution in [0.1, 0.15) is 12.8 Å². The number of rotatable bonds is 4. The highest BCUT2D eigenvalue weighted by Gasteiger charge is 2.15. The van der Waals surface area contributed by atoms with E-state index >= 15 is 0 Å². The molecule has 2 heterocycles. The number of nitrogens with zero attached hydrogens (tertiary/aromatic N) is 2. The fraction of sp³-hybridized carbons (Fsp3) is 0.545. The predicted octanol–water partition coefficient (Wildman–Crippen LogP) is 1.60. The number of methoxy groups -OCH3 is 1. The van der Waals surface area contributed by atoms with Crippen LogP contribution < -0.4 is 15.4 Å². The summed E-state index contributed by atoms with van der Waals surface area (Å²) in [6.07, 6.45) is 2.37. The van der Waals surface area contributed by atoms with Crippen molar-refractivity contribution in [3.8, 4) is 5.88 Å². The first-order valence-corrected chi connectivity index (χ1v) is 6.71. The molecule has 6 nitrogen and oxygen atoms in total. The molecule has 104 valence electrons. The summed E-state index contributed by atoms with van der Waals surface area (Å²) < 4.78 is 10.5. The normalized spacial score (nSPS) is 18.1. The minimum Gasteiger partial charge on any atom is -0.481 e. The Morgan fingerprint density at radius 3 is 3.16 bits per heavy atom. The average Bonchev–Trinajstić information content (AvgIpc) is 2.88. The molecule has 0 saturated carbocycles. The van der Waals surface area contributed by atoms with E-state index in [1.54, 1.807) is 0 Å². The number of ether oxygens (including phenoxy) is 2. The highest BCUT2D eigenvalue weighted by atomic mass is 35.5. The molecule has 0 spiro atoms. The van der Waals surface area contributed by atoms with Crippen molar-refractivity contribution >= 4 is 34.9 Å². The Morgan fingerprint density at radius 2 is 2.47 bits per heavy atom. The third-order valence-electron chi connectivity index (χ3n) is 2.62. The van der Waals surface area contributed by atoms with Crippen LogP contribution >= 0.6 is 23.8 Å². The van der Waals surface area contributed by atoms with Crippen LogP contribution in [-0.4, -0.2) is 41.4 Å². The Labute approximate surface area is 121 Å². The van der Waals surface area contributed by atoms with Crippen LogP contribution in [0.5, 0.6) is 5.88 Å². The van der Waals surface area contributed by atoms with Gasteiger partial charge in [0, 0.05) is 19.2 Å². The van der Waals surface area contributed by atoms with Crippen LogP contribution in [-0.2, 0) is 4.74 Å². The van der Waals surface area contributed by atoms with E-state index in [4.69, 9.17) is 33.3 Å². The lowest BCUT2D eigenvalue weighted by atomic mass is 10.2. The molecule has 1 aromatic rings. The van der Waals surface area contributed by atoms with Crippen molar-refractivity contribution < 1.29 is 9.47 Å². The second-order valence-electron chi connectivity index (χ2n) is 4.03. The third-order valence-corrected chi connectivity index (χ3v) is 3.06. The molecular weight excluding hydrogens is 288 g/mol. The standard InChI is InChI=1S/C11H15ClN4O2S/c1-17-9-5-8(12)14-10(15-9)16-11(19)13-6-7-3-2-4-18-7/h5,7H,2-4,6H2,1H3,(H2,13,14,15,16,19)/t7-/m0/s1. The quantitative estimate of drug-likeness (QED) is 0.647. The molecule has 1 saturated heterocycles. The van der Waals surface area contributed by atoms with Gasteiger partial charge in [-0.3, -0.25) is 0 Å². The van der Waals surface area contributed by atoms with E-state index in [-0.39, 0.29) is 11.3 Å². The average molecular weight is 303 g/mol.